The van der Waals surface area contributed by atoms with E-state index in [1.165, 1.54) is 5.56 Å². The molecule has 0 saturated carbocycles. The number of hydrogen-bond acceptors (Lipinski definition) is 4. The van der Waals surface area contributed by atoms with Crippen molar-refractivity contribution in [3.8, 4) is 0 Å². The molecule has 3 aliphatic rings. The lowest BCUT2D eigenvalue weighted by Gasteiger charge is -2.36. The molecule has 0 aromatic heterocycles. The zero-order valence-corrected chi connectivity index (χ0v) is 20.8. The van der Waals surface area contributed by atoms with Crippen LogP contribution in [0.3, 0.4) is 0 Å². The first-order valence-corrected chi connectivity index (χ1v) is 12.3. The van der Waals surface area contributed by atoms with Crippen molar-refractivity contribution in [2.24, 2.45) is 5.92 Å². The Kier molecular flexibility index (Phi) is 5.62. The van der Waals surface area contributed by atoms with Crippen molar-refractivity contribution in [1.29, 1.82) is 0 Å². The summed E-state index contributed by atoms with van der Waals surface area (Å²) in [4.78, 5) is 30.3. The summed E-state index contributed by atoms with van der Waals surface area (Å²) < 4.78 is 7.39. The lowest BCUT2D eigenvalue weighted by Crippen LogP contribution is -2.47. The number of fused-ring (bicyclic) bond motifs is 3. The van der Waals surface area contributed by atoms with Crippen LogP contribution >= 0.6 is 15.9 Å². The molecule has 174 valence electrons. The highest BCUT2D eigenvalue weighted by Gasteiger charge is 2.60. The molecule has 4 atom stereocenters. The highest BCUT2D eigenvalue weighted by Crippen LogP contribution is 2.55. The molecule has 7 heteroatoms. The highest BCUT2D eigenvalue weighted by molar-refractivity contribution is 9.10. The van der Waals surface area contributed by atoms with Crippen LogP contribution in [0.2, 0.25) is 0 Å². The molecule has 2 aromatic rings. The fourth-order valence-electron chi connectivity index (χ4n) is 5.88. The van der Waals surface area contributed by atoms with E-state index in [9.17, 15) is 14.7 Å². The molecule has 2 amide bonds. The van der Waals surface area contributed by atoms with E-state index >= 15 is 0 Å². The minimum Gasteiger partial charge on any atom is -0.394 e. The lowest BCUT2D eigenvalue weighted by atomic mass is 9.82. The molecule has 0 aliphatic carbocycles. The standard InChI is InChI=1S/C26H29BrN2O4/c1-15-8-21-24(22(27)9-15)28(3)25(32)26(21)16(2)10-20(33-26)12-23(31)29-13-18-7-5-4-6-17(18)11-19(29)14-30/h4-9,16,19-20,30H,10-14H2,1-3H3/t16-,19+,20-,26+/m1/s1. The Bertz CT molecular complexity index is 1140. The lowest BCUT2D eigenvalue weighted by molar-refractivity contribution is -0.150. The summed E-state index contributed by atoms with van der Waals surface area (Å²) in [5, 5.41) is 9.95. The second-order valence-electron chi connectivity index (χ2n) is 9.65. The number of benzene rings is 2. The molecule has 1 saturated heterocycles. The summed E-state index contributed by atoms with van der Waals surface area (Å²) in [6.07, 6.45) is 1.12. The van der Waals surface area contributed by atoms with Gasteiger partial charge in [0.1, 0.15) is 0 Å². The molecule has 0 radical (unpaired) electrons. The Morgan fingerprint density at radius 2 is 2.00 bits per heavy atom. The Hall–Kier alpha value is -2.22. The van der Waals surface area contributed by atoms with Crippen LogP contribution in [0, 0.1) is 12.8 Å². The number of halogens is 1. The maximum atomic E-state index is 13.5. The Balaban J connectivity index is 1.40. The summed E-state index contributed by atoms with van der Waals surface area (Å²) in [6, 6.07) is 11.9. The number of carbonyl (C=O) groups excluding carboxylic acids is 2. The summed E-state index contributed by atoms with van der Waals surface area (Å²) in [5.74, 6) is -0.176. The maximum absolute atomic E-state index is 13.5. The van der Waals surface area contributed by atoms with Gasteiger partial charge in [0.15, 0.2) is 5.60 Å². The first-order chi connectivity index (χ1) is 15.8. The smallest absolute Gasteiger partial charge is 0.264 e. The fourth-order valence-corrected chi connectivity index (χ4v) is 6.72. The van der Waals surface area contributed by atoms with E-state index in [0.717, 1.165) is 26.9 Å². The third kappa shape index (κ3) is 3.44. The third-order valence-electron chi connectivity index (χ3n) is 7.52. The minimum absolute atomic E-state index is 0.0396. The fraction of sp³-hybridized carbons (Fsp3) is 0.462. The summed E-state index contributed by atoms with van der Waals surface area (Å²) in [7, 11) is 1.78. The van der Waals surface area contributed by atoms with E-state index < -0.39 is 5.60 Å². The maximum Gasteiger partial charge on any atom is 0.264 e. The molecule has 1 fully saturated rings. The van der Waals surface area contributed by atoms with E-state index in [4.69, 9.17) is 4.74 Å². The average Bonchev–Trinajstić information content (AvgIpc) is 3.22. The van der Waals surface area contributed by atoms with Gasteiger partial charge in [-0.1, -0.05) is 37.3 Å². The number of anilines is 1. The van der Waals surface area contributed by atoms with E-state index in [-0.39, 0.29) is 42.9 Å². The van der Waals surface area contributed by atoms with Gasteiger partial charge >= 0.3 is 0 Å². The molecule has 1 spiro atoms. The van der Waals surface area contributed by atoms with Gasteiger partial charge in [-0.3, -0.25) is 9.59 Å². The molecule has 3 aliphatic heterocycles. The van der Waals surface area contributed by atoms with Crippen LogP contribution < -0.4 is 4.90 Å². The van der Waals surface area contributed by atoms with Crippen LogP contribution in [0.25, 0.3) is 0 Å². The van der Waals surface area contributed by atoms with Crippen molar-refractivity contribution in [2.75, 3.05) is 18.6 Å². The molecule has 3 heterocycles. The molecule has 1 N–H and O–H groups in total. The minimum atomic E-state index is -1.06. The second-order valence-corrected chi connectivity index (χ2v) is 10.5. The first-order valence-electron chi connectivity index (χ1n) is 11.5. The average molecular weight is 513 g/mol. The second kappa shape index (κ2) is 8.22. The van der Waals surface area contributed by atoms with E-state index in [1.807, 2.05) is 44.2 Å². The summed E-state index contributed by atoms with van der Waals surface area (Å²) in [6.45, 7) is 4.46. The van der Waals surface area contributed by atoms with Gasteiger partial charge < -0.3 is 19.6 Å². The molecular weight excluding hydrogens is 484 g/mol. The quantitative estimate of drug-likeness (QED) is 0.680. The van der Waals surface area contributed by atoms with E-state index in [1.54, 1.807) is 16.8 Å². The molecule has 0 bridgehead atoms. The van der Waals surface area contributed by atoms with Gasteiger partial charge in [0.25, 0.3) is 5.91 Å². The van der Waals surface area contributed by atoms with Crippen LogP contribution in [0.15, 0.2) is 40.9 Å². The largest absolute Gasteiger partial charge is 0.394 e. The highest BCUT2D eigenvalue weighted by atomic mass is 79.9. The molecular formula is C26H29BrN2O4. The number of amides is 2. The van der Waals surface area contributed by atoms with Crippen molar-refractivity contribution in [2.45, 2.75) is 57.4 Å². The molecule has 0 unspecified atom stereocenters. The topological polar surface area (TPSA) is 70.1 Å². The number of hydrogen-bond donors (Lipinski definition) is 1. The van der Waals surface area contributed by atoms with Gasteiger partial charge in [0, 0.05) is 29.5 Å². The number of ether oxygens (including phenoxy) is 1. The van der Waals surface area contributed by atoms with Crippen LogP contribution in [-0.2, 0) is 32.9 Å². The number of nitrogens with zero attached hydrogens (tertiary/aromatic N) is 2. The van der Waals surface area contributed by atoms with Crippen molar-refractivity contribution >= 4 is 33.4 Å². The predicted octanol–water partition coefficient (Wildman–Crippen LogP) is 3.69. The van der Waals surface area contributed by atoms with Gasteiger partial charge in [-0.2, -0.15) is 0 Å². The summed E-state index contributed by atoms with van der Waals surface area (Å²) in [5.41, 5.74) is 4.02. The van der Waals surface area contributed by atoms with E-state index in [2.05, 4.69) is 22.0 Å². The normalized spacial score (nSPS) is 28.4. The Morgan fingerprint density at radius 1 is 1.27 bits per heavy atom. The zero-order chi connectivity index (χ0) is 23.5. The molecule has 2 aromatic carbocycles. The number of aliphatic hydroxyl groups is 1. The zero-order valence-electron chi connectivity index (χ0n) is 19.2. The van der Waals surface area contributed by atoms with Gasteiger partial charge in [0.05, 0.1) is 30.9 Å². The molecule has 5 rings (SSSR count). The molecule has 33 heavy (non-hydrogen) atoms. The van der Waals surface area contributed by atoms with Gasteiger partial charge in [-0.05, 0) is 58.5 Å². The predicted molar refractivity (Wildman–Crippen MR) is 129 cm³/mol. The van der Waals surface area contributed by atoms with E-state index in [0.29, 0.717) is 19.4 Å². The van der Waals surface area contributed by atoms with Crippen LogP contribution in [0.4, 0.5) is 5.69 Å². The molecule has 6 nitrogen and oxygen atoms in total. The van der Waals surface area contributed by atoms with Gasteiger partial charge in [0.2, 0.25) is 5.91 Å². The van der Waals surface area contributed by atoms with Crippen LogP contribution in [-0.4, -0.2) is 47.6 Å². The summed E-state index contributed by atoms with van der Waals surface area (Å²) >= 11 is 3.62. The monoisotopic (exact) mass is 512 g/mol. The van der Waals surface area contributed by atoms with Crippen LogP contribution in [0.5, 0.6) is 0 Å². The number of carbonyl (C=O) groups is 2. The number of aliphatic hydroxyl groups excluding tert-OH is 1. The van der Waals surface area contributed by atoms with Crippen molar-refractivity contribution in [3.63, 3.8) is 0 Å². The third-order valence-corrected chi connectivity index (χ3v) is 8.12. The van der Waals surface area contributed by atoms with Gasteiger partial charge in [-0.15, -0.1) is 0 Å². The van der Waals surface area contributed by atoms with Crippen LogP contribution in [0.1, 0.15) is 42.0 Å². The van der Waals surface area contributed by atoms with Crippen molar-refractivity contribution < 1.29 is 19.4 Å². The number of aryl methyl sites for hydroxylation is 1. The van der Waals surface area contributed by atoms with Crippen molar-refractivity contribution in [3.05, 3.63) is 63.1 Å². The SMILES string of the molecule is Cc1cc(Br)c2c(c1)[C@]1(O[C@@H](CC(=O)N3Cc4ccccc4C[C@H]3CO)C[C@H]1C)C(=O)N2C. The Morgan fingerprint density at radius 3 is 2.73 bits per heavy atom. The number of rotatable bonds is 3. The van der Waals surface area contributed by atoms with Gasteiger partial charge in [-0.25, -0.2) is 0 Å². The first kappa shape index (κ1) is 22.6. The Labute approximate surface area is 202 Å². The van der Waals surface area contributed by atoms with Crippen molar-refractivity contribution in [1.82, 2.24) is 4.90 Å². The number of likely N-dealkylation sites (N-methyl/N-ethyl adjacent to an activating group) is 1.